The van der Waals surface area contributed by atoms with Crippen LogP contribution < -0.4 is 4.90 Å². The molecule has 0 aliphatic carbocycles. The molecule has 3 heteroatoms. The van der Waals surface area contributed by atoms with E-state index in [1.165, 1.54) is 0 Å². The highest BCUT2D eigenvalue weighted by Crippen LogP contribution is 2.23. The Hall–Kier alpha value is -2.08. The number of fused-ring (bicyclic) bond motifs is 1. The summed E-state index contributed by atoms with van der Waals surface area (Å²) in [5.41, 5.74) is 2.16. The van der Waals surface area contributed by atoms with Crippen LogP contribution in [-0.2, 0) is 0 Å². The summed E-state index contributed by atoms with van der Waals surface area (Å²) in [7, 11) is 0. The third-order valence-electron chi connectivity index (χ3n) is 3.28. The fourth-order valence-corrected chi connectivity index (χ4v) is 2.27. The average Bonchev–Trinajstić information content (AvgIpc) is 2.44. The molecule has 0 N–H and O–H groups in total. The minimum Gasteiger partial charge on any atom is -0.355 e. The van der Waals surface area contributed by atoms with Gasteiger partial charge in [-0.3, -0.25) is 0 Å². The number of rotatable bonds is 4. The lowest BCUT2D eigenvalue weighted by atomic mass is 10.1. The smallest absolute Gasteiger partial charge is 0.132 e. The van der Waals surface area contributed by atoms with Gasteiger partial charge in [-0.15, -0.1) is 0 Å². The zero-order valence-corrected chi connectivity index (χ0v) is 11.7. The van der Waals surface area contributed by atoms with Crippen molar-refractivity contribution in [2.24, 2.45) is 5.92 Å². The Kier molecular flexibility index (Phi) is 4.01. The van der Waals surface area contributed by atoms with Gasteiger partial charge in [0.1, 0.15) is 5.82 Å². The predicted octanol–water partition coefficient (Wildman–Crippen LogP) is 3.53. The molecule has 1 aromatic heterocycles. The lowest BCUT2D eigenvalue weighted by Gasteiger charge is -2.25. The van der Waals surface area contributed by atoms with Crippen LogP contribution in [0.25, 0.3) is 10.9 Å². The normalized spacial score (nSPS) is 12.1. The van der Waals surface area contributed by atoms with Crippen LogP contribution >= 0.6 is 0 Å². The van der Waals surface area contributed by atoms with Crippen LogP contribution in [0.1, 0.15) is 19.4 Å². The second-order valence-electron chi connectivity index (χ2n) is 4.89. The number of hydrogen-bond donors (Lipinski definition) is 0. The van der Waals surface area contributed by atoms with Crippen molar-refractivity contribution in [3.05, 3.63) is 35.9 Å². The van der Waals surface area contributed by atoms with Gasteiger partial charge >= 0.3 is 0 Å². The largest absolute Gasteiger partial charge is 0.355 e. The summed E-state index contributed by atoms with van der Waals surface area (Å²) in [6.07, 6.45) is 0. The lowest BCUT2D eigenvalue weighted by Crippen LogP contribution is -2.29. The molecule has 1 atom stereocenters. The van der Waals surface area contributed by atoms with E-state index in [-0.39, 0.29) is 5.92 Å². The average molecular weight is 253 g/mol. The van der Waals surface area contributed by atoms with Crippen molar-refractivity contribution in [1.29, 1.82) is 5.26 Å². The molecule has 0 aliphatic rings. The van der Waals surface area contributed by atoms with Gasteiger partial charge in [-0.2, -0.15) is 5.26 Å². The molecule has 0 aliphatic heterocycles. The molecule has 19 heavy (non-hydrogen) atoms. The van der Waals surface area contributed by atoms with E-state index in [0.29, 0.717) is 0 Å². The predicted molar refractivity (Wildman–Crippen MR) is 79.1 cm³/mol. The van der Waals surface area contributed by atoms with E-state index in [9.17, 15) is 0 Å². The summed E-state index contributed by atoms with van der Waals surface area (Å²) < 4.78 is 0. The first-order chi connectivity index (χ1) is 9.15. The molecule has 1 aromatic carbocycles. The number of aryl methyl sites for hydroxylation is 1. The van der Waals surface area contributed by atoms with Gasteiger partial charge in [0, 0.05) is 18.5 Å². The minimum atomic E-state index is 0.00706. The number of nitrogens with zero attached hydrogens (tertiary/aromatic N) is 3. The molecule has 0 amide bonds. The molecule has 0 saturated carbocycles. The number of anilines is 1. The molecular weight excluding hydrogens is 234 g/mol. The second-order valence-corrected chi connectivity index (χ2v) is 4.89. The SMILES string of the molecule is CCN(CC(C)C#N)c1nc2ccccc2cc1C. The van der Waals surface area contributed by atoms with Gasteiger partial charge in [-0.25, -0.2) is 4.98 Å². The molecule has 0 fully saturated rings. The Bertz CT molecular complexity index is 613. The van der Waals surface area contributed by atoms with E-state index in [1.54, 1.807) is 0 Å². The zero-order chi connectivity index (χ0) is 13.8. The summed E-state index contributed by atoms with van der Waals surface area (Å²) >= 11 is 0. The van der Waals surface area contributed by atoms with Crippen molar-refractivity contribution >= 4 is 16.7 Å². The number of nitriles is 1. The van der Waals surface area contributed by atoms with Crippen LogP contribution in [0, 0.1) is 24.2 Å². The van der Waals surface area contributed by atoms with E-state index < -0.39 is 0 Å². The highest BCUT2D eigenvalue weighted by Gasteiger charge is 2.13. The van der Waals surface area contributed by atoms with Crippen LogP contribution in [0.5, 0.6) is 0 Å². The first-order valence-corrected chi connectivity index (χ1v) is 6.66. The van der Waals surface area contributed by atoms with Crippen LogP contribution in [0.15, 0.2) is 30.3 Å². The summed E-state index contributed by atoms with van der Waals surface area (Å²) in [6, 6.07) is 12.6. The van der Waals surface area contributed by atoms with Gasteiger partial charge in [0.25, 0.3) is 0 Å². The van der Waals surface area contributed by atoms with E-state index >= 15 is 0 Å². The van der Waals surface area contributed by atoms with Gasteiger partial charge in [0.15, 0.2) is 0 Å². The minimum absolute atomic E-state index is 0.00706. The fourth-order valence-electron chi connectivity index (χ4n) is 2.27. The number of para-hydroxylation sites is 1. The maximum atomic E-state index is 8.97. The Morgan fingerprint density at radius 2 is 2.11 bits per heavy atom. The topological polar surface area (TPSA) is 39.9 Å². The second kappa shape index (κ2) is 5.71. The van der Waals surface area contributed by atoms with Crippen LogP contribution in [0.2, 0.25) is 0 Å². The lowest BCUT2D eigenvalue weighted by molar-refractivity contribution is 0.679. The monoisotopic (exact) mass is 253 g/mol. The number of benzene rings is 1. The number of hydrogen-bond acceptors (Lipinski definition) is 3. The molecule has 2 aromatic rings. The van der Waals surface area contributed by atoms with Gasteiger partial charge in [-0.05, 0) is 38.5 Å². The standard InChI is InChI=1S/C16H19N3/c1-4-19(11-12(2)10-17)16-13(3)9-14-7-5-6-8-15(14)18-16/h5-9,12H,4,11H2,1-3H3. The third kappa shape index (κ3) is 2.85. The molecule has 0 saturated heterocycles. The third-order valence-corrected chi connectivity index (χ3v) is 3.28. The van der Waals surface area contributed by atoms with Crippen molar-refractivity contribution in [2.45, 2.75) is 20.8 Å². The van der Waals surface area contributed by atoms with E-state index in [0.717, 1.165) is 35.4 Å². The van der Waals surface area contributed by atoms with Crippen molar-refractivity contribution in [3.63, 3.8) is 0 Å². The molecule has 1 unspecified atom stereocenters. The quantitative estimate of drug-likeness (QED) is 0.836. The molecular formula is C16H19N3. The van der Waals surface area contributed by atoms with E-state index in [2.05, 4.69) is 36.9 Å². The molecule has 2 rings (SSSR count). The Balaban J connectivity index is 2.42. The van der Waals surface area contributed by atoms with Crippen molar-refractivity contribution in [3.8, 4) is 6.07 Å². The fraction of sp³-hybridized carbons (Fsp3) is 0.375. The maximum Gasteiger partial charge on any atom is 0.132 e. The molecule has 3 nitrogen and oxygen atoms in total. The van der Waals surface area contributed by atoms with Crippen molar-refractivity contribution in [2.75, 3.05) is 18.0 Å². The maximum absolute atomic E-state index is 8.97. The summed E-state index contributed by atoms with van der Waals surface area (Å²) in [6.45, 7) is 7.70. The molecule has 0 spiro atoms. The number of pyridine rings is 1. The Morgan fingerprint density at radius 1 is 1.37 bits per heavy atom. The summed E-state index contributed by atoms with van der Waals surface area (Å²) in [5.74, 6) is 0.996. The first-order valence-electron chi connectivity index (χ1n) is 6.66. The zero-order valence-electron chi connectivity index (χ0n) is 11.7. The van der Waals surface area contributed by atoms with Crippen LogP contribution in [-0.4, -0.2) is 18.1 Å². The van der Waals surface area contributed by atoms with Gasteiger partial charge < -0.3 is 4.90 Å². The van der Waals surface area contributed by atoms with Crippen molar-refractivity contribution < 1.29 is 0 Å². The Labute approximate surface area is 114 Å². The summed E-state index contributed by atoms with van der Waals surface area (Å²) in [4.78, 5) is 6.93. The Morgan fingerprint density at radius 3 is 2.79 bits per heavy atom. The highest BCUT2D eigenvalue weighted by atomic mass is 15.2. The van der Waals surface area contributed by atoms with Gasteiger partial charge in [0.2, 0.25) is 0 Å². The molecule has 0 radical (unpaired) electrons. The van der Waals surface area contributed by atoms with Crippen molar-refractivity contribution in [1.82, 2.24) is 4.98 Å². The van der Waals surface area contributed by atoms with E-state index in [4.69, 9.17) is 10.2 Å². The van der Waals surface area contributed by atoms with Gasteiger partial charge in [-0.1, -0.05) is 18.2 Å². The van der Waals surface area contributed by atoms with Crippen LogP contribution in [0.4, 0.5) is 5.82 Å². The van der Waals surface area contributed by atoms with Crippen LogP contribution in [0.3, 0.4) is 0 Å². The molecule has 98 valence electrons. The molecule has 1 heterocycles. The highest BCUT2D eigenvalue weighted by molar-refractivity contribution is 5.81. The first kappa shape index (κ1) is 13.4. The summed E-state index contributed by atoms with van der Waals surface area (Å²) in [5, 5.41) is 10.1. The molecule has 0 bridgehead atoms. The van der Waals surface area contributed by atoms with Gasteiger partial charge in [0.05, 0.1) is 17.5 Å². The van der Waals surface area contributed by atoms with E-state index in [1.807, 2.05) is 25.1 Å². The number of aromatic nitrogens is 1.